The van der Waals surface area contributed by atoms with Crippen LogP contribution in [0.2, 0.25) is 0 Å². The maximum absolute atomic E-state index is 12.1. The SMILES string of the molecule is COc1cc(C=CC(=O)O)ccc1OC(=O)[C@@H](N)CSSCC(N)C(=O)O. The van der Waals surface area contributed by atoms with E-state index >= 15 is 0 Å². The van der Waals surface area contributed by atoms with Crippen molar-refractivity contribution in [1.29, 1.82) is 0 Å². The molecule has 0 aromatic heterocycles. The summed E-state index contributed by atoms with van der Waals surface area (Å²) in [6, 6.07) is 2.64. The third-order valence-electron chi connectivity index (χ3n) is 3.02. The molecule has 0 bridgehead atoms. The Morgan fingerprint density at radius 2 is 1.74 bits per heavy atom. The number of carboxylic acids is 2. The minimum Gasteiger partial charge on any atom is -0.493 e. The first kappa shape index (κ1) is 22.8. The van der Waals surface area contributed by atoms with Gasteiger partial charge in [0, 0.05) is 17.6 Å². The highest BCUT2D eigenvalue weighted by molar-refractivity contribution is 8.76. The van der Waals surface area contributed by atoms with Gasteiger partial charge in [-0.05, 0) is 23.8 Å². The van der Waals surface area contributed by atoms with Crippen molar-refractivity contribution in [3.8, 4) is 11.5 Å². The number of hydrogen-bond donors (Lipinski definition) is 4. The fraction of sp³-hybridized carbons (Fsp3) is 0.312. The van der Waals surface area contributed by atoms with Crippen LogP contribution in [0.1, 0.15) is 5.56 Å². The summed E-state index contributed by atoms with van der Waals surface area (Å²) in [5.74, 6) is -2.08. The summed E-state index contributed by atoms with van der Waals surface area (Å²) in [6.45, 7) is 0. The smallest absolute Gasteiger partial charge is 0.329 e. The number of carboxylic acid groups (broad SMARTS) is 2. The van der Waals surface area contributed by atoms with E-state index in [1.54, 1.807) is 6.07 Å². The molecule has 0 fully saturated rings. The molecule has 0 aliphatic heterocycles. The average Bonchev–Trinajstić information content (AvgIpc) is 2.63. The lowest BCUT2D eigenvalue weighted by atomic mass is 10.2. The highest BCUT2D eigenvalue weighted by atomic mass is 33.1. The van der Waals surface area contributed by atoms with Gasteiger partial charge in [0.15, 0.2) is 11.5 Å². The largest absolute Gasteiger partial charge is 0.493 e. The number of aliphatic carboxylic acids is 2. The van der Waals surface area contributed by atoms with Crippen molar-refractivity contribution in [2.45, 2.75) is 12.1 Å². The van der Waals surface area contributed by atoms with Crippen LogP contribution in [0.5, 0.6) is 11.5 Å². The van der Waals surface area contributed by atoms with E-state index in [1.807, 2.05) is 0 Å². The van der Waals surface area contributed by atoms with Crippen LogP contribution < -0.4 is 20.9 Å². The van der Waals surface area contributed by atoms with Crippen molar-refractivity contribution in [2.24, 2.45) is 11.5 Å². The van der Waals surface area contributed by atoms with E-state index in [0.717, 1.165) is 6.08 Å². The van der Waals surface area contributed by atoms with Crippen LogP contribution in [0.4, 0.5) is 0 Å². The molecule has 0 aliphatic carbocycles. The van der Waals surface area contributed by atoms with Crippen molar-refractivity contribution >= 4 is 45.6 Å². The van der Waals surface area contributed by atoms with Crippen molar-refractivity contribution in [3.63, 3.8) is 0 Å². The van der Waals surface area contributed by atoms with Crippen LogP contribution in [0.25, 0.3) is 6.08 Å². The Morgan fingerprint density at radius 3 is 2.30 bits per heavy atom. The van der Waals surface area contributed by atoms with E-state index in [9.17, 15) is 14.4 Å². The lowest BCUT2D eigenvalue weighted by molar-refractivity contribution is -0.138. The second-order valence-corrected chi connectivity index (χ2v) is 7.68. The number of nitrogens with two attached hydrogens (primary N) is 2. The summed E-state index contributed by atoms with van der Waals surface area (Å²) in [4.78, 5) is 33.2. The number of methoxy groups -OCH3 is 1. The first-order valence-electron chi connectivity index (χ1n) is 7.53. The van der Waals surface area contributed by atoms with Crippen molar-refractivity contribution in [3.05, 3.63) is 29.8 Å². The first-order chi connectivity index (χ1) is 12.7. The molecule has 1 aromatic carbocycles. The molecule has 0 spiro atoms. The molecule has 0 radical (unpaired) electrons. The monoisotopic (exact) mass is 416 g/mol. The zero-order valence-electron chi connectivity index (χ0n) is 14.4. The third-order valence-corrected chi connectivity index (χ3v) is 5.49. The third kappa shape index (κ3) is 8.35. The Hall–Kier alpha value is -2.21. The molecule has 0 amide bonds. The number of hydrogen-bond acceptors (Lipinski definition) is 9. The Balaban J connectivity index is 2.59. The van der Waals surface area contributed by atoms with Crippen LogP contribution in [-0.2, 0) is 14.4 Å². The van der Waals surface area contributed by atoms with Gasteiger partial charge < -0.3 is 31.2 Å². The molecule has 2 atom stereocenters. The van der Waals surface area contributed by atoms with Gasteiger partial charge in [0.2, 0.25) is 0 Å². The van der Waals surface area contributed by atoms with E-state index in [1.165, 1.54) is 46.9 Å². The molecular formula is C16H20N2O7S2. The normalized spacial score (nSPS) is 13.1. The fourth-order valence-corrected chi connectivity index (χ4v) is 3.83. The quantitative estimate of drug-likeness (QED) is 0.133. The zero-order valence-corrected chi connectivity index (χ0v) is 16.0. The second kappa shape index (κ2) is 11.5. The van der Waals surface area contributed by atoms with Crippen molar-refractivity contribution < 1.29 is 34.1 Å². The molecule has 6 N–H and O–H groups in total. The molecule has 11 heteroatoms. The minimum absolute atomic E-state index is 0.149. The molecule has 0 aliphatic rings. The van der Waals surface area contributed by atoms with Gasteiger partial charge in [0.05, 0.1) is 7.11 Å². The van der Waals surface area contributed by atoms with Crippen LogP contribution in [0, 0.1) is 0 Å². The van der Waals surface area contributed by atoms with Gasteiger partial charge >= 0.3 is 17.9 Å². The summed E-state index contributed by atoms with van der Waals surface area (Å²) in [5, 5.41) is 17.3. The molecule has 0 saturated heterocycles. The number of esters is 1. The van der Waals surface area contributed by atoms with Crippen LogP contribution in [0.3, 0.4) is 0 Å². The highest BCUT2D eigenvalue weighted by Crippen LogP contribution is 2.29. The van der Waals surface area contributed by atoms with Crippen LogP contribution in [0.15, 0.2) is 24.3 Å². The molecule has 1 aromatic rings. The number of carbonyl (C=O) groups is 3. The maximum atomic E-state index is 12.1. The summed E-state index contributed by atoms with van der Waals surface area (Å²) in [7, 11) is 3.81. The van der Waals surface area contributed by atoms with Gasteiger partial charge in [-0.3, -0.25) is 4.79 Å². The standard InChI is InChI=1S/C16H20N2O7S2/c1-24-13-6-9(3-5-14(19)20)2-4-12(13)25-16(23)11(18)8-27-26-7-10(17)15(21)22/h2-6,10-11H,7-8,17-18H2,1H3,(H,19,20)(H,21,22)/t10?,11-/m0/s1. The van der Waals surface area contributed by atoms with E-state index in [4.69, 9.17) is 31.2 Å². The summed E-state index contributed by atoms with van der Waals surface area (Å²) >= 11 is 0. The van der Waals surface area contributed by atoms with Gasteiger partial charge in [-0.25, -0.2) is 9.59 Å². The highest BCUT2D eigenvalue weighted by Gasteiger charge is 2.19. The maximum Gasteiger partial charge on any atom is 0.329 e. The van der Waals surface area contributed by atoms with Gasteiger partial charge in [0.1, 0.15) is 12.1 Å². The van der Waals surface area contributed by atoms with E-state index in [0.29, 0.717) is 5.56 Å². The molecule has 1 rings (SSSR count). The lowest BCUT2D eigenvalue weighted by Gasteiger charge is -2.13. The Bertz CT molecular complexity index is 712. The van der Waals surface area contributed by atoms with Gasteiger partial charge in [-0.15, -0.1) is 0 Å². The van der Waals surface area contributed by atoms with Crippen LogP contribution in [-0.4, -0.2) is 58.8 Å². The molecule has 0 heterocycles. The van der Waals surface area contributed by atoms with Crippen LogP contribution >= 0.6 is 21.6 Å². The predicted molar refractivity (Wildman–Crippen MR) is 104 cm³/mol. The van der Waals surface area contributed by atoms with E-state index in [-0.39, 0.29) is 23.0 Å². The van der Waals surface area contributed by atoms with Gasteiger partial charge in [-0.2, -0.15) is 0 Å². The number of carbonyl (C=O) groups excluding carboxylic acids is 1. The van der Waals surface area contributed by atoms with Crippen molar-refractivity contribution in [1.82, 2.24) is 0 Å². The molecule has 0 saturated carbocycles. The second-order valence-electron chi connectivity index (χ2n) is 5.12. The molecule has 9 nitrogen and oxygen atoms in total. The first-order valence-corrected chi connectivity index (χ1v) is 10.0. The lowest BCUT2D eigenvalue weighted by Crippen LogP contribution is -2.36. The van der Waals surface area contributed by atoms with Crippen molar-refractivity contribution in [2.75, 3.05) is 18.6 Å². The summed E-state index contributed by atoms with van der Waals surface area (Å²) in [5.41, 5.74) is 11.7. The molecule has 148 valence electrons. The Morgan fingerprint density at radius 1 is 1.11 bits per heavy atom. The topological polar surface area (TPSA) is 162 Å². The molecule has 1 unspecified atom stereocenters. The molecular weight excluding hydrogens is 396 g/mol. The van der Waals surface area contributed by atoms with E-state index < -0.39 is 30.0 Å². The molecule has 27 heavy (non-hydrogen) atoms. The fourth-order valence-electron chi connectivity index (χ4n) is 1.61. The van der Waals surface area contributed by atoms with E-state index in [2.05, 4.69) is 0 Å². The Labute approximate surface area is 163 Å². The number of ether oxygens (including phenoxy) is 2. The van der Waals surface area contributed by atoms with Gasteiger partial charge in [-0.1, -0.05) is 27.7 Å². The predicted octanol–water partition coefficient (Wildman–Crippen LogP) is 0.819. The number of rotatable bonds is 11. The minimum atomic E-state index is -1.10. The average molecular weight is 416 g/mol. The van der Waals surface area contributed by atoms with Gasteiger partial charge in [0.25, 0.3) is 0 Å². The Kier molecular flexibility index (Phi) is 9.72. The summed E-state index contributed by atoms with van der Waals surface area (Å²) < 4.78 is 10.4. The summed E-state index contributed by atoms with van der Waals surface area (Å²) in [6.07, 6.45) is 2.35. The zero-order chi connectivity index (χ0) is 20.4. The number of benzene rings is 1.